The number of rotatable bonds is 7. The van der Waals surface area contributed by atoms with E-state index >= 15 is 0 Å². The first-order chi connectivity index (χ1) is 15.5. The Morgan fingerprint density at radius 1 is 0.938 bits per heavy atom. The number of carbonyl (C=O) groups excluding carboxylic acids is 2. The van der Waals surface area contributed by atoms with Crippen molar-refractivity contribution in [1.82, 2.24) is 10.3 Å². The number of benzene rings is 3. The van der Waals surface area contributed by atoms with Crippen molar-refractivity contribution in [2.24, 2.45) is 0 Å². The Morgan fingerprint density at radius 3 is 2.16 bits per heavy atom. The van der Waals surface area contributed by atoms with Crippen LogP contribution in [-0.2, 0) is 9.59 Å². The van der Waals surface area contributed by atoms with Crippen LogP contribution in [0.25, 0.3) is 10.2 Å². The molecular weight excluding hydrogens is 438 g/mol. The van der Waals surface area contributed by atoms with Crippen LogP contribution in [0.3, 0.4) is 0 Å². The van der Waals surface area contributed by atoms with E-state index in [1.165, 1.54) is 30.0 Å². The van der Waals surface area contributed by atoms with Crippen LogP contribution in [0, 0.1) is 0 Å². The molecule has 0 spiro atoms. The fraction of sp³-hybridized carbons (Fsp3) is 0.160. The van der Waals surface area contributed by atoms with Crippen LogP contribution in [0.15, 0.2) is 83.2 Å². The fourth-order valence-corrected chi connectivity index (χ4v) is 5.61. The SMILES string of the molecule is CC(=O)Nc1ccc2nc(SC(C)C(=O)NC(c3ccccc3)c3ccccc3)sc2c1. The van der Waals surface area contributed by atoms with Gasteiger partial charge in [0.25, 0.3) is 0 Å². The van der Waals surface area contributed by atoms with E-state index in [4.69, 9.17) is 0 Å². The molecule has 0 bridgehead atoms. The van der Waals surface area contributed by atoms with E-state index in [0.29, 0.717) is 0 Å². The predicted molar refractivity (Wildman–Crippen MR) is 132 cm³/mol. The van der Waals surface area contributed by atoms with Crippen LogP contribution in [0.2, 0.25) is 0 Å². The zero-order valence-corrected chi connectivity index (χ0v) is 19.4. The van der Waals surface area contributed by atoms with Crippen molar-refractivity contribution in [2.75, 3.05) is 5.32 Å². The minimum atomic E-state index is -0.319. The van der Waals surface area contributed by atoms with Gasteiger partial charge in [-0.3, -0.25) is 9.59 Å². The highest BCUT2D eigenvalue weighted by Gasteiger charge is 2.22. The van der Waals surface area contributed by atoms with Gasteiger partial charge in [-0.2, -0.15) is 0 Å². The molecule has 32 heavy (non-hydrogen) atoms. The molecule has 0 radical (unpaired) electrons. The van der Waals surface area contributed by atoms with Gasteiger partial charge in [-0.15, -0.1) is 11.3 Å². The normalized spacial score (nSPS) is 12.0. The summed E-state index contributed by atoms with van der Waals surface area (Å²) in [4.78, 5) is 29.0. The largest absolute Gasteiger partial charge is 0.344 e. The molecule has 7 heteroatoms. The number of nitrogens with zero attached hydrogens (tertiary/aromatic N) is 1. The standard InChI is InChI=1S/C25H23N3O2S2/c1-16(31-25-27-21-14-13-20(26-17(2)29)15-22(21)32-25)24(30)28-23(18-9-5-3-6-10-18)19-11-7-4-8-12-19/h3-16,23H,1-2H3,(H,26,29)(H,28,30). The number of carbonyl (C=O) groups is 2. The highest BCUT2D eigenvalue weighted by molar-refractivity contribution is 8.02. The van der Waals surface area contributed by atoms with Crippen molar-refractivity contribution in [1.29, 1.82) is 0 Å². The topological polar surface area (TPSA) is 71.1 Å². The molecule has 0 saturated carbocycles. The third kappa shape index (κ3) is 5.36. The highest BCUT2D eigenvalue weighted by atomic mass is 32.2. The second kappa shape index (κ2) is 9.97. The zero-order valence-electron chi connectivity index (χ0n) is 17.7. The van der Waals surface area contributed by atoms with Gasteiger partial charge in [-0.05, 0) is 36.2 Å². The maximum absolute atomic E-state index is 13.1. The van der Waals surface area contributed by atoms with Gasteiger partial charge in [0.1, 0.15) is 0 Å². The van der Waals surface area contributed by atoms with Gasteiger partial charge in [0, 0.05) is 12.6 Å². The van der Waals surface area contributed by atoms with E-state index in [-0.39, 0.29) is 23.1 Å². The molecule has 1 atom stereocenters. The van der Waals surface area contributed by atoms with Crippen LogP contribution >= 0.6 is 23.1 Å². The summed E-state index contributed by atoms with van der Waals surface area (Å²) in [5, 5.41) is 5.67. The van der Waals surface area contributed by atoms with E-state index < -0.39 is 0 Å². The Bertz CT molecular complexity index is 1190. The zero-order chi connectivity index (χ0) is 22.5. The first-order valence-corrected chi connectivity index (χ1v) is 11.9. The summed E-state index contributed by atoms with van der Waals surface area (Å²) >= 11 is 2.95. The number of anilines is 1. The summed E-state index contributed by atoms with van der Waals surface area (Å²) in [6, 6.07) is 25.3. The minimum Gasteiger partial charge on any atom is -0.344 e. The van der Waals surface area contributed by atoms with Crippen molar-refractivity contribution < 1.29 is 9.59 Å². The molecule has 0 aliphatic heterocycles. The third-order valence-electron chi connectivity index (χ3n) is 4.89. The van der Waals surface area contributed by atoms with Crippen LogP contribution < -0.4 is 10.6 Å². The number of fused-ring (bicyclic) bond motifs is 1. The molecular formula is C25H23N3O2S2. The summed E-state index contributed by atoms with van der Waals surface area (Å²) in [6.07, 6.45) is 0. The number of nitrogens with one attached hydrogen (secondary N) is 2. The lowest BCUT2D eigenvalue weighted by Crippen LogP contribution is -2.34. The second-order valence-corrected chi connectivity index (χ2v) is 9.99. The lowest BCUT2D eigenvalue weighted by molar-refractivity contribution is -0.120. The summed E-state index contributed by atoms with van der Waals surface area (Å²) in [7, 11) is 0. The Morgan fingerprint density at radius 2 is 1.56 bits per heavy atom. The maximum Gasteiger partial charge on any atom is 0.234 e. The molecule has 162 valence electrons. The van der Waals surface area contributed by atoms with E-state index in [9.17, 15) is 9.59 Å². The predicted octanol–water partition coefficient (Wildman–Crippen LogP) is 5.64. The molecule has 0 saturated heterocycles. The molecule has 1 aromatic heterocycles. The van der Waals surface area contributed by atoms with Gasteiger partial charge in [0.05, 0.1) is 21.5 Å². The molecule has 1 unspecified atom stereocenters. The molecule has 4 aromatic rings. The summed E-state index contributed by atoms with van der Waals surface area (Å²) < 4.78 is 1.79. The lowest BCUT2D eigenvalue weighted by Gasteiger charge is -2.21. The average molecular weight is 462 g/mol. The number of hydrogen-bond acceptors (Lipinski definition) is 5. The maximum atomic E-state index is 13.1. The van der Waals surface area contributed by atoms with Gasteiger partial charge in [-0.25, -0.2) is 4.98 Å². The number of thiazole rings is 1. The quantitative estimate of drug-likeness (QED) is 0.349. The monoisotopic (exact) mass is 461 g/mol. The first kappa shape index (κ1) is 22.0. The average Bonchev–Trinajstić information content (AvgIpc) is 3.19. The van der Waals surface area contributed by atoms with E-state index in [1.54, 1.807) is 0 Å². The molecule has 2 amide bonds. The molecule has 0 fully saturated rings. The van der Waals surface area contributed by atoms with Gasteiger partial charge in [0.2, 0.25) is 11.8 Å². The molecule has 5 nitrogen and oxygen atoms in total. The highest BCUT2D eigenvalue weighted by Crippen LogP contribution is 2.34. The Hall–Kier alpha value is -3.16. The van der Waals surface area contributed by atoms with Crippen LogP contribution in [-0.4, -0.2) is 22.0 Å². The Kier molecular flexibility index (Phi) is 6.87. The van der Waals surface area contributed by atoms with Crippen LogP contribution in [0.4, 0.5) is 5.69 Å². The fourth-order valence-electron chi connectivity index (χ4n) is 3.35. The van der Waals surface area contributed by atoms with Crippen molar-refractivity contribution >= 4 is 50.8 Å². The molecule has 4 rings (SSSR count). The Balaban J connectivity index is 1.49. The second-order valence-electron chi connectivity index (χ2n) is 7.37. The number of aromatic nitrogens is 1. The molecule has 2 N–H and O–H groups in total. The third-order valence-corrected chi connectivity index (χ3v) is 7.10. The van der Waals surface area contributed by atoms with Crippen molar-refractivity contribution in [3.8, 4) is 0 Å². The summed E-state index contributed by atoms with van der Waals surface area (Å²) in [6.45, 7) is 3.37. The summed E-state index contributed by atoms with van der Waals surface area (Å²) in [5.74, 6) is -0.161. The first-order valence-electron chi connectivity index (χ1n) is 10.2. The van der Waals surface area contributed by atoms with Crippen LogP contribution in [0.1, 0.15) is 31.0 Å². The number of amides is 2. The van der Waals surface area contributed by atoms with Gasteiger partial charge in [0.15, 0.2) is 4.34 Å². The van der Waals surface area contributed by atoms with E-state index in [0.717, 1.165) is 31.4 Å². The van der Waals surface area contributed by atoms with Crippen molar-refractivity contribution in [3.05, 3.63) is 90.0 Å². The van der Waals surface area contributed by atoms with E-state index in [1.807, 2.05) is 85.8 Å². The van der Waals surface area contributed by atoms with Gasteiger partial charge in [-0.1, -0.05) is 72.4 Å². The summed E-state index contributed by atoms with van der Waals surface area (Å²) in [5.41, 5.74) is 3.67. The van der Waals surface area contributed by atoms with Crippen molar-refractivity contribution in [3.63, 3.8) is 0 Å². The smallest absolute Gasteiger partial charge is 0.234 e. The Labute approximate surface area is 195 Å². The van der Waals surface area contributed by atoms with Gasteiger partial charge >= 0.3 is 0 Å². The lowest BCUT2D eigenvalue weighted by atomic mass is 9.98. The van der Waals surface area contributed by atoms with Gasteiger partial charge < -0.3 is 10.6 Å². The van der Waals surface area contributed by atoms with E-state index in [2.05, 4.69) is 15.6 Å². The minimum absolute atomic E-state index is 0.0501. The molecule has 0 aliphatic carbocycles. The van der Waals surface area contributed by atoms with Crippen molar-refractivity contribution in [2.45, 2.75) is 29.5 Å². The molecule has 3 aromatic carbocycles. The molecule has 1 heterocycles. The number of hydrogen-bond donors (Lipinski definition) is 2. The number of thioether (sulfide) groups is 1. The van der Waals surface area contributed by atoms with Crippen LogP contribution in [0.5, 0.6) is 0 Å². The molecule has 0 aliphatic rings.